The highest BCUT2D eigenvalue weighted by molar-refractivity contribution is 5.21. The molecule has 1 aliphatic rings. The standard InChI is InChI=1S/C18H30N2/c1-4-11-20-18(16-10-12-19-14(3)13-16)17-9-7-6-8-15(17)5-2/h10,12-13,15,17-18,20H,4-9,11H2,1-3H3. The first-order chi connectivity index (χ1) is 9.76. The predicted molar refractivity (Wildman–Crippen MR) is 85.7 cm³/mol. The van der Waals surface area contributed by atoms with E-state index in [0.29, 0.717) is 6.04 Å². The van der Waals surface area contributed by atoms with Crippen LogP contribution in [-0.4, -0.2) is 11.5 Å². The lowest BCUT2D eigenvalue weighted by Gasteiger charge is -2.37. The maximum atomic E-state index is 4.36. The molecule has 1 aliphatic carbocycles. The van der Waals surface area contributed by atoms with Crippen molar-refractivity contribution in [1.82, 2.24) is 10.3 Å². The lowest BCUT2D eigenvalue weighted by molar-refractivity contribution is 0.175. The van der Waals surface area contributed by atoms with Crippen LogP contribution in [0.25, 0.3) is 0 Å². The van der Waals surface area contributed by atoms with Gasteiger partial charge in [-0.3, -0.25) is 4.98 Å². The average molecular weight is 274 g/mol. The highest BCUT2D eigenvalue weighted by Crippen LogP contribution is 2.40. The van der Waals surface area contributed by atoms with Crippen LogP contribution < -0.4 is 5.32 Å². The van der Waals surface area contributed by atoms with Gasteiger partial charge in [0.25, 0.3) is 0 Å². The molecule has 0 radical (unpaired) electrons. The molecule has 2 rings (SSSR count). The van der Waals surface area contributed by atoms with Gasteiger partial charge in [0.15, 0.2) is 0 Å². The molecule has 112 valence electrons. The Bertz CT molecular complexity index is 402. The first-order valence-electron chi connectivity index (χ1n) is 8.42. The second-order valence-corrected chi connectivity index (χ2v) is 6.28. The second kappa shape index (κ2) is 7.78. The molecule has 2 heteroatoms. The topological polar surface area (TPSA) is 24.9 Å². The quantitative estimate of drug-likeness (QED) is 0.817. The molecule has 1 fully saturated rings. The number of aryl methyl sites for hydroxylation is 1. The Morgan fingerprint density at radius 3 is 2.80 bits per heavy atom. The van der Waals surface area contributed by atoms with E-state index in [1.54, 1.807) is 0 Å². The first kappa shape index (κ1) is 15.5. The van der Waals surface area contributed by atoms with Crippen molar-refractivity contribution in [3.8, 4) is 0 Å². The highest BCUT2D eigenvalue weighted by Gasteiger charge is 2.31. The van der Waals surface area contributed by atoms with Gasteiger partial charge in [0.05, 0.1) is 0 Å². The summed E-state index contributed by atoms with van der Waals surface area (Å²) in [6, 6.07) is 5.00. The first-order valence-corrected chi connectivity index (χ1v) is 8.42. The van der Waals surface area contributed by atoms with Crippen LogP contribution in [0.1, 0.15) is 69.7 Å². The highest BCUT2D eigenvalue weighted by atomic mass is 14.9. The van der Waals surface area contributed by atoms with Crippen LogP contribution >= 0.6 is 0 Å². The van der Waals surface area contributed by atoms with Crippen molar-refractivity contribution in [1.29, 1.82) is 0 Å². The molecule has 0 spiro atoms. The van der Waals surface area contributed by atoms with E-state index in [-0.39, 0.29) is 0 Å². The SMILES string of the molecule is CCCNC(c1ccnc(C)c1)C1CCCCC1CC. The minimum Gasteiger partial charge on any atom is -0.310 e. The molecule has 2 nitrogen and oxygen atoms in total. The molecule has 0 bridgehead atoms. The van der Waals surface area contributed by atoms with Gasteiger partial charge in [0.2, 0.25) is 0 Å². The predicted octanol–water partition coefficient (Wildman–Crippen LogP) is 4.65. The zero-order chi connectivity index (χ0) is 14.4. The Hall–Kier alpha value is -0.890. The lowest BCUT2D eigenvalue weighted by Crippen LogP contribution is -2.35. The summed E-state index contributed by atoms with van der Waals surface area (Å²) in [5.74, 6) is 1.67. The maximum Gasteiger partial charge on any atom is 0.0375 e. The Labute approximate surface area is 124 Å². The summed E-state index contributed by atoms with van der Waals surface area (Å²) in [5.41, 5.74) is 2.57. The van der Waals surface area contributed by atoms with Crippen LogP contribution in [0.15, 0.2) is 18.3 Å². The molecule has 0 amide bonds. The zero-order valence-corrected chi connectivity index (χ0v) is 13.4. The van der Waals surface area contributed by atoms with E-state index < -0.39 is 0 Å². The van der Waals surface area contributed by atoms with Gasteiger partial charge >= 0.3 is 0 Å². The molecule has 1 saturated carbocycles. The van der Waals surface area contributed by atoms with Crippen molar-refractivity contribution in [2.24, 2.45) is 11.8 Å². The molecule has 3 unspecified atom stereocenters. The summed E-state index contributed by atoms with van der Waals surface area (Å²) < 4.78 is 0. The lowest BCUT2D eigenvalue weighted by atomic mass is 9.72. The third-order valence-corrected chi connectivity index (χ3v) is 4.81. The number of pyridine rings is 1. The molecular formula is C18H30N2. The van der Waals surface area contributed by atoms with Crippen molar-refractivity contribution in [2.45, 2.75) is 65.3 Å². The Morgan fingerprint density at radius 2 is 2.10 bits per heavy atom. The van der Waals surface area contributed by atoms with Gasteiger partial charge in [0, 0.05) is 17.9 Å². The Morgan fingerprint density at radius 1 is 1.30 bits per heavy atom. The molecule has 3 atom stereocenters. The molecule has 1 aromatic rings. The summed E-state index contributed by atoms with van der Waals surface area (Å²) in [7, 11) is 0. The number of nitrogens with one attached hydrogen (secondary N) is 1. The number of nitrogens with zero attached hydrogens (tertiary/aromatic N) is 1. The van der Waals surface area contributed by atoms with Crippen LogP contribution in [-0.2, 0) is 0 Å². The van der Waals surface area contributed by atoms with E-state index in [1.165, 1.54) is 44.1 Å². The fourth-order valence-electron chi connectivity index (χ4n) is 3.76. The summed E-state index contributed by atoms with van der Waals surface area (Å²) in [5, 5.41) is 3.82. The zero-order valence-electron chi connectivity index (χ0n) is 13.4. The second-order valence-electron chi connectivity index (χ2n) is 6.28. The largest absolute Gasteiger partial charge is 0.310 e. The van der Waals surface area contributed by atoms with Crippen molar-refractivity contribution in [2.75, 3.05) is 6.54 Å². The van der Waals surface area contributed by atoms with Crippen LogP contribution in [0.5, 0.6) is 0 Å². The van der Waals surface area contributed by atoms with Gasteiger partial charge in [0.1, 0.15) is 0 Å². The van der Waals surface area contributed by atoms with E-state index in [0.717, 1.165) is 24.1 Å². The van der Waals surface area contributed by atoms with Gasteiger partial charge in [-0.15, -0.1) is 0 Å². The van der Waals surface area contributed by atoms with Crippen LogP contribution in [0, 0.1) is 18.8 Å². The Kier molecular flexibility index (Phi) is 6.03. The van der Waals surface area contributed by atoms with Crippen molar-refractivity contribution in [3.05, 3.63) is 29.6 Å². The number of rotatable bonds is 6. The molecule has 1 heterocycles. The average Bonchev–Trinajstić information content (AvgIpc) is 2.48. The minimum absolute atomic E-state index is 0.516. The normalized spacial score (nSPS) is 24.6. The van der Waals surface area contributed by atoms with Crippen molar-refractivity contribution in [3.63, 3.8) is 0 Å². The molecule has 1 aromatic heterocycles. The van der Waals surface area contributed by atoms with Crippen molar-refractivity contribution >= 4 is 0 Å². The van der Waals surface area contributed by atoms with Crippen molar-refractivity contribution < 1.29 is 0 Å². The van der Waals surface area contributed by atoms with Gasteiger partial charge in [-0.2, -0.15) is 0 Å². The minimum atomic E-state index is 0.516. The van der Waals surface area contributed by atoms with E-state index >= 15 is 0 Å². The molecule has 0 aliphatic heterocycles. The fraction of sp³-hybridized carbons (Fsp3) is 0.722. The van der Waals surface area contributed by atoms with E-state index in [1.807, 2.05) is 6.20 Å². The Balaban J connectivity index is 2.21. The summed E-state index contributed by atoms with van der Waals surface area (Å²) in [6.07, 6.45) is 10.1. The summed E-state index contributed by atoms with van der Waals surface area (Å²) in [6.45, 7) is 7.81. The molecule has 0 aromatic carbocycles. The number of hydrogen-bond acceptors (Lipinski definition) is 2. The van der Waals surface area contributed by atoms with Crippen LogP contribution in [0.3, 0.4) is 0 Å². The van der Waals surface area contributed by atoms with E-state index in [9.17, 15) is 0 Å². The van der Waals surface area contributed by atoms with E-state index in [2.05, 4.69) is 43.2 Å². The number of hydrogen-bond donors (Lipinski definition) is 1. The molecule has 0 saturated heterocycles. The van der Waals surface area contributed by atoms with Gasteiger partial charge in [-0.25, -0.2) is 0 Å². The van der Waals surface area contributed by atoms with Crippen LogP contribution in [0.4, 0.5) is 0 Å². The molecule has 20 heavy (non-hydrogen) atoms. The summed E-state index contributed by atoms with van der Waals surface area (Å²) in [4.78, 5) is 4.36. The summed E-state index contributed by atoms with van der Waals surface area (Å²) >= 11 is 0. The maximum absolute atomic E-state index is 4.36. The monoisotopic (exact) mass is 274 g/mol. The number of aromatic nitrogens is 1. The smallest absolute Gasteiger partial charge is 0.0375 e. The third kappa shape index (κ3) is 3.82. The fourth-order valence-corrected chi connectivity index (χ4v) is 3.76. The van der Waals surface area contributed by atoms with Gasteiger partial charge in [-0.1, -0.05) is 39.5 Å². The van der Waals surface area contributed by atoms with E-state index in [4.69, 9.17) is 0 Å². The molecule has 1 N–H and O–H groups in total. The molecular weight excluding hydrogens is 244 g/mol. The third-order valence-electron chi connectivity index (χ3n) is 4.81. The van der Waals surface area contributed by atoms with Gasteiger partial charge < -0.3 is 5.32 Å². The van der Waals surface area contributed by atoms with Crippen LogP contribution in [0.2, 0.25) is 0 Å². The van der Waals surface area contributed by atoms with Gasteiger partial charge in [-0.05, 0) is 55.8 Å².